The first-order valence-electron chi connectivity index (χ1n) is 10.0. The van der Waals surface area contributed by atoms with Crippen molar-refractivity contribution < 1.29 is 9.53 Å². The topological polar surface area (TPSA) is 73.2 Å². The number of carbonyl (C=O) groups excluding carboxylic acids is 1. The Hall–Kier alpha value is -2.16. The summed E-state index contributed by atoms with van der Waals surface area (Å²) in [5, 5.41) is 4.12. The predicted octanol–water partition coefficient (Wildman–Crippen LogP) is 3.76. The van der Waals surface area contributed by atoms with Gasteiger partial charge < -0.3 is 10.1 Å². The van der Waals surface area contributed by atoms with Gasteiger partial charge >= 0.3 is 0 Å². The van der Waals surface area contributed by atoms with Gasteiger partial charge in [0.1, 0.15) is 4.83 Å². The second kappa shape index (κ2) is 8.91. The van der Waals surface area contributed by atoms with Gasteiger partial charge in [-0.3, -0.25) is 14.2 Å². The number of aromatic nitrogens is 2. The van der Waals surface area contributed by atoms with Crippen LogP contribution in [-0.2, 0) is 9.53 Å². The standard InChI is InChI=1S/C22H25N3O3S2/c1-13-6-8-16(9-7-13)25-21(27)19-14(2)15(3)30-20(19)24-22(25)29-12-18(26)23-11-17-5-4-10-28-17/h6-9,17H,4-5,10-12H2,1-3H3,(H,23,26)/t17-/m0/s1. The Morgan fingerprint density at radius 2 is 2.07 bits per heavy atom. The second-order valence-corrected chi connectivity index (χ2v) is 9.71. The van der Waals surface area contributed by atoms with Crippen molar-refractivity contribution in [2.75, 3.05) is 18.9 Å². The van der Waals surface area contributed by atoms with Crippen LogP contribution in [0.3, 0.4) is 0 Å². The van der Waals surface area contributed by atoms with Gasteiger partial charge in [-0.05, 0) is 51.3 Å². The van der Waals surface area contributed by atoms with Crippen LogP contribution < -0.4 is 10.9 Å². The van der Waals surface area contributed by atoms with E-state index in [-0.39, 0.29) is 23.3 Å². The Kier molecular flexibility index (Phi) is 6.26. The molecule has 4 rings (SSSR count). The molecule has 3 aromatic rings. The van der Waals surface area contributed by atoms with E-state index < -0.39 is 0 Å². The van der Waals surface area contributed by atoms with Gasteiger partial charge in [0.15, 0.2) is 5.16 Å². The van der Waals surface area contributed by atoms with Crippen molar-refractivity contribution in [2.24, 2.45) is 0 Å². The first-order chi connectivity index (χ1) is 14.4. The van der Waals surface area contributed by atoms with Gasteiger partial charge in [-0.1, -0.05) is 29.5 Å². The van der Waals surface area contributed by atoms with Crippen LogP contribution in [0.1, 0.15) is 28.8 Å². The van der Waals surface area contributed by atoms with E-state index in [0.29, 0.717) is 17.1 Å². The molecule has 1 aromatic carbocycles. The molecule has 0 spiro atoms. The molecular weight excluding hydrogens is 418 g/mol. The van der Waals surface area contributed by atoms with Crippen molar-refractivity contribution in [3.8, 4) is 5.69 Å². The highest BCUT2D eigenvalue weighted by Gasteiger charge is 2.20. The summed E-state index contributed by atoms with van der Waals surface area (Å²) in [5.74, 6) is 0.110. The van der Waals surface area contributed by atoms with Crippen LogP contribution in [0.25, 0.3) is 15.9 Å². The third-order valence-electron chi connectivity index (χ3n) is 5.35. The van der Waals surface area contributed by atoms with Gasteiger partial charge in [-0.2, -0.15) is 0 Å². The van der Waals surface area contributed by atoms with E-state index in [2.05, 4.69) is 5.32 Å². The highest BCUT2D eigenvalue weighted by Crippen LogP contribution is 2.29. The van der Waals surface area contributed by atoms with E-state index in [0.717, 1.165) is 46.0 Å². The van der Waals surface area contributed by atoms with Gasteiger partial charge in [0.2, 0.25) is 5.91 Å². The molecule has 1 saturated heterocycles. The van der Waals surface area contributed by atoms with Crippen molar-refractivity contribution in [1.82, 2.24) is 14.9 Å². The Morgan fingerprint density at radius 3 is 2.77 bits per heavy atom. The van der Waals surface area contributed by atoms with Crippen LogP contribution in [0, 0.1) is 20.8 Å². The normalized spacial score (nSPS) is 16.3. The molecule has 1 aliphatic heterocycles. The van der Waals surface area contributed by atoms with Crippen LogP contribution in [0.2, 0.25) is 0 Å². The van der Waals surface area contributed by atoms with E-state index >= 15 is 0 Å². The molecule has 1 fully saturated rings. The summed E-state index contributed by atoms with van der Waals surface area (Å²) in [6.07, 6.45) is 2.13. The third-order valence-corrected chi connectivity index (χ3v) is 7.39. The third kappa shape index (κ3) is 4.31. The van der Waals surface area contributed by atoms with Crippen LogP contribution in [0.4, 0.5) is 0 Å². The minimum Gasteiger partial charge on any atom is -0.376 e. The quantitative estimate of drug-likeness (QED) is 0.464. The average molecular weight is 444 g/mol. The summed E-state index contributed by atoms with van der Waals surface area (Å²) in [5.41, 5.74) is 2.75. The summed E-state index contributed by atoms with van der Waals surface area (Å²) >= 11 is 2.81. The van der Waals surface area contributed by atoms with E-state index in [1.165, 1.54) is 23.1 Å². The number of carbonyl (C=O) groups is 1. The lowest BCUT2D eigenvalue weighted by atomic mass is 10.2. The Balaban J connectivity index is 1.63. The molecule has 6 nitrogen and oxygen atoms in total. The van der Waals surface area contributed by atoms with Crippen LogP contribution >= 0.6 is 23.1 Å². The van der Waals surface area contributed by atoms with Crippen LogP contribution in [0.5, 0.6) is 0 Å². The van der Waals surface area contributed by atoms with Crippen molar-refractivity contribution in [1.29, 1.82) is 0 Å². The molecule has 1 N–H and O–H groups in total. The summed E-state index contributed by atoms with van der Waals surface area (Å²) in [6, 6.07) is 7.78. The fourth-order valence-corrected chi connectivity index (χ4v) is 5.42. The fraction of sp³-hybridized carbons (Fsp3) is 0.409. The number of hydrogen-bond donors (Lipinski definition) is 1. The maximum Gasteiger partial charge on any atom is 0.267 e. The van der Waals surface area contributed by atoms with Crippen molar-refractivity contribution in [3.05, 3.63) is 50.6 Å². The van der Waals surface area contributed by atoms with E-state index in [9.17, 15) is 9.59 Å². The Bertz CT molecular complexity index is 1130. The smallest absolute Gasteiger partial charge is 0.267 e. The first kappa shape index (κ1) is 21.1. The number of benzene rings is 1. The molecule has 1 aliphatic rings. The Labute approximate surface area is 183 Å². The fourth-order valence-electron chi connectivity index (χ4n) is 3.51. The van der Waals surface area contributed by atoms with Crippen LogP contribution in [0.15, 0.2) is 34.2 Å². The summed E-state index contributed by atoms with van der Waals surface area (Å²) < 4.78 is 7.18. The number of rotatable bonds is 6. The summed E-state index contributed by atoms with van der Waals surface area (Å²) in [7, 11) is 0. The van der Waals surface area contributed by atoms with Gasteiger partial charge in [-0.25, -0.2) is 4.98 Å². The van der Waals surface area contributed by atoms with Crippen molar-refractivity contribution >= 4 is 39.2 Å². The van der Waals surface area contributed by atoms with Crippen LogP contribution in [-0.4, -0.2) is 40.5 Å². The number of nitrogens with one attached hydrogen (secondary N) is 1. The zero-order valence-corrected chi connectivity index (χ0v) is 19.0. The molecule has 0 saturated carbocycles. The lowest BCUT2D eigenvalue weighted by Crippen LogP contribution is -2.33. The highest BCUT2D eigenvalue weighted by atomic mass is 32.2. The van der Waals surface area contributed by atoms with Crippen molar-refractivity contribution in [2.45, 2.75) is 44.9 Å². The zero-order valence-electron chi connectivity index (χ0n) is 17.4. The highest BCUT2D eigenvalue weighted by molar-refractivity contribution is 7.99. The lowest BCUT2D eigenvalue weighted by Gasteiger charge is -2.13. The maximum absolute atomic E-state index is 13.4. The number of hydrogen-bond acceptors (Lipinski definition) is 6. The van der Waals surface area contributed by atoms with Gasteiger partial charge in [0, 0.05) is 18.0 Å². The maximum atomic E-state index is 13.4. The predicted molar refractivity (Wildman–Crippen MR) is 122 cm³/mol. The molecule has 1 atom stereocenters. The van der Waals surface area contributed by atoms with E-state index in [4.69, 9.17) is 9.72 Å². The van der Waals surface area contributed by atoms with E-state index in [1.807, 2.05) is 45.0 Å². The van der Waals surface area contributed by atoms with Crippen molar-refractivity contribution in [3.63, 3.8) is 0 Å². The summed E-state index contributed by atoms with van der Waals surface area (Å²) in [6.45, 7) is 7.26. The molecule has 0 unspecified atom stereocenters. The largest absolute Gasteiger partial charge is 0.376 e. The molecule has 30 heavy (non-hydrogen) atoms. The SMILES string of the molecule is Cc1ccc(-n2c(SCC(=O)NC[C@@H]3CCCO3)nc3sc(C)c(C)c3c2=O)cc1. The number of aryl methyl sites for hydroxylation is 3. The number of ether oxygens (including phenoxy) is 1. The second-order valence-electron chi connectivity index (χ2n) is 7.56. The van der Waals surface area contributed by atoms with E-state index in [1.54, 1.807) is 4.57 Å². The molecule has 3 heterocycles. The van der Waals surface area contributed by atoms with Gasteiger partial charge in [-0.15, -0.1) is 11.3 Å². The summed E-state index contributed by atoms with van der Waals surface area (Å²) in [4.78, 5) is 32.4. The number of fused-ring (bicyclic) bond motifs is 1. The molecule has 0 radical (unpaired) electrons. The number of thiophene rings is 1. The number of amides is 1. The minimum atomic E-state index is -0.0898. The molecule has 0 bridgehead atoms. The lowest BCUT2D eigenvalue weighted by molar-refractivity contribution is -0.119. The Morgan fingerprint density at radius 1 is 1.30 bits per heavy atom. The minimum absolute atomic E-state index is 0.0844. The zero-order chi connectivity index (χ0) is 21.3. The first-order valence-corrected chi connectivity index (χ1v) is 11.8. The molecule has 158 valence electrons. The van der Waals surface area contributed by atoms with Gasteiger partial charge in [0.05, 0.1) is 22.9 Å². The monoisotopic (exact) mass is 443 g/mol. The molecule has 1 amide bonds. The molecular formula is C22H25N3O3S2. The number of nitrogens with zero attached hydrogens (tertiary/aromatic N) is 2. The molecule has 2 aromatic heterocycles. The van der Waals surface area contributed by atoms with Gasteiger partial charge in [0.25, 0.3) is 5.56 Å². The number of thioether (sulfide) groups is 1. The average Bonchev–Trinajstić information content (AvgIpc) is 3.34. The molecule has 8 heteroatoms. The molecule has 0 aliphatic carbocycles.